The zero-order valence-electron chi connectivity index (χ0n) is 14.0. The molecule has 0 unspecified atom stereocenters. The molecule has 0 aliphatic carbocycles. The maximum absolute atomic E-state index is 4.38. The number of likely N-dealkylation sites (N-methyl/N-ethyl adjacent to an activating group) is 1. The summed E-state index contributed by atoms with van der Waals surface area (Å²) in [5.74, 6) is 1.18. The maximum Gasteiger partial charge on any atom is 0.196 e. The zero-order valence-corrected chi connectivity index (χ0v) is 14.0. The first kappa shape index (κ1) is 17.3. The van der Waals surface area contributed by atoms with Crippen molar-refractivity contribution in [3.05, 3.63) is 0 Å². The Labute approximate surface area is 126 Å². The van der Waals surface area contributed by atoms with E-state index in [1.807, 2.05) is 7.05 Å². The molecule has 1 rings (SSSR count). The van der Waals surface area contributed by atoms with Crippen LogP contribution in [0.4, 0.5) is 0 Å². The van der Waals surface area contributed by atoms with Crippen LogP contribution >= 0.6 is 0 Å². The van der Waals surface area contributed by atoms with Crippen LogP contribution in [0.1, 0.15) is 71.1 Å². The van der Waals surface area contributed by atoms with Crippen LogP contribution in [0.25, 0.3) is 0 Å². The van der Waals surface area contributed by atoms with Gasteiger partial charge in [0.05, 0.1) is 0 Å². The van der Waals surface area contributed by atoms with Gasteiger partial charge in [0.2, 0.25) is 0 Å². The Bertz CT molecular complexity index is 263. The van der Waals surface area contributed by atoms with Crippen molar-refractivity contribution in [2.45, 2.75) is 71.1 Å². The fraction of sp³-hybridized carbons (Fsp3) is 0.941. The van der Waals surface area contributed by atoms with Crippen molar-refractivity contribution in [3.8, 4) is 0 Å². The highest BCUT2D eigenvalue weighted by molar-refractivity contribution is 5.81. The summed E-state index contributed by atoms with van der Waals surface area (Å²) in [4.78, 5) is 9.08. The van der Waals surface area contributed by atoms with Gasteiger partial charge in [-0.25, -0.2) is 0 Å². The average molecular weight is 281 g/mol. The highest BCUT2D eigenvalue weighted by Gasteiger charge is 2.21. The van der Waals surface area contributed by atoms with Crippen molar-refractivity contribution in [2.24, 2.45) is 4.99 Å². The minimum atomic E-state index is 1.13. The minimum absolute atomic E-state index is 1.13. The fourth-order valence-electron chi connectivity index (χ4n) is 3.03. The molecule has 3 heteroatoms. The lowest BCUT2D eigenvalue weighted by Crippen LogP contribution is -2.32. The van der Waals surface area contributed by atoms with Crippen LogP contribution in [-0.2, 0) is 0 Å². The third-order valence-corrected chi connectivity index (χ3v) is 4.31. The second-order valence-electron chi connectivity index (χ2n) is 6.11. The monoisotopic (exact) mass is 281 g/mol. The van der Waals surface area contributed by atoms with Crippen LogP contribution < -0.4 is 0 Å². The quantitative estimate of drug-likeness (QED) is 0.530. The second kappa shape index (κ2) is 11.0. The molecule has 0 bridgehead atoms. The normalized spacial score (nSPS) is 17.4. The SMILES string of the molecule is CCCCCCCCCCCCN1CCN(C)/C1=N\C. The van der Waals surface area contributed by atoms with Crippen LogP contribution in [0.2, 0.25) is 0 Å². The maximum atomic E-state index is 4.38. The summed E-state index contributed by atoms with van der Waals surface area (Å²) in [5.41, 5.74) is 0. The Kier molecular flexibility index (Phi) is 9.52. The predicted molar refractivity (Wildman–Crippen MR) is 89.4 cm³/mol. The van der Waals surface area contributed by atoms with E-state index in [2.05, 4.69) is 28.8 Å². The van der Waals surface area contributed by atoms with Gasteiger partial charge in [-0.2, -0.15) is 0 Å². The molecule has 0 N–H and O–H groups in total. The van der Waals surface area contributed by atoms with Crippen molar-refractivity contribution in [1.29, 1.82) is 0 Å². The van der Waals surface area contributed by atoms with E-state index in [0.29, 0.717) is 0 Å². The molecule has 1 heterocycles. The van der Waals surface area contributed by atoms with E-state index in [-0.39, 0.29) is 0 Å². The molecular weight excluding hydrogens is 246 g/mol. The highest BCUT2D eigenvalue weighted by Crippen LogP contribution is 2.12. The first-order valence-corrected chi connectivity index (χ1v) is 8.72. The average Bonchev–Trinajstić information content (AvgIpc) is 2.81. The molecule has 0 aromatic carbocycles. The first-order valence-electron chi connectivity index (χ1n) is 8.72. The van der Waals surface area contributed by atoms with Gasteiger partial charge in [0.1, 0.15) is 0 Å². The van der Waals surface area contributed by atoms with Crippen LogP contribution in [-0.4, -0.2) is 49.5 Å². The molecule has 1 saturated heterocycles. The molecule has 0 amide bonds. The van der Waals surface area contributed by atoms with Gasteiger partial charge in [-0.15, -0.1) is 0 Å². The zero-order chi connectivity index (χ0) is 14.6. The molecule has 1 aliphatic rings. The molecule has 0 aromatic heterocycles. The summed E-state index contributed by atoms with van der Waals surface area (Å²) in [6.07, 6.45) is 14.1. The standard InChI is InChI=1S/C17H35N3/c1-4-5-6-7-8-9-10-11-12-13-14-20-16-15-19(3)17(20)18-2/h4-16H2,1-3H3/b18-17+. The number of unbranched alkanes of at least 4 members (excludes halogenated alkanes) is 9. The molecule has 3 nitrogen and oxygen atoms in total. The summed E-state index contributed by atoms with van der Waals surface area (Å²) in [6, 6.07) is 0. The lowest BCUT2D eigenvalue weighted by atomic mass is 10.1. The fourth-order valence-corrected chi connectivity index (χ4v) is 3.03. The summed E-state index contributed by atoms with van der Waals surface area (Å²) in [7, 11) is 4.05. The van der Waals surface area contributed by atoms with Crippen LogP contribution in [0, 0.1) is 0 Å². The van der Waals surface area contributed by atoms with Crippen LogP contribution in [0.15, 0.2) is 4.99 Å². The number of nitrogens with zero attached hydrogens (tertiary/aromatic N) is 3. The van der Waals surface area contributed by atoms with Crippen molar-refractivity contribution >= 4 is 5.96 Å². The largest absolute Gasteiger partial charge is 0.344 e. The molecule has 1 fully saturated rings. The lowest BCUT2D eigenvalue weighted by molar-refractivity contribution is 0.433. The number of hydrogen-bond donors (Lipinski definition) is 0. The molecule has 0 atom stereocenters. The Morgan fingerprint density at radius 2 is 1.40 bits per heavy atom. The molecule has 0 radical (unpaired) electrons. The number of aliphatic imine (C=N–C) groups is 1. The molecule has 118 valence electrons. The Morgan fingerprint density at radius 1 is 0.850 bits per heavy atom. The number of hydrogen-bond acceptors (Lipinski definition) is 1. The van der Waals surface area contributed by atoms with Gasteiger partial charge >= 0.3 is 0 Å². The van der Waals surface area contributed by atoms with Crippen molar-refractivity contribution < 1.29 is 0 Å². The molecular formula is C17H35N3. The molecule has 1 aliphatic heterocycles. The smallest absolute Gasteiger partial charge is 0.196 e. The van der Waals surface area contributed by atoms with Gasteiger partial charge in [0.25, 0.3) is 0 Å². The van der Waals surface area contributed by atoms with Crippen molar-refractivity contribution in [2.75, 3.05) is 33.7 Å². The Balaban J connectivity index is 1.90. The van der Waals surface area contributed by atoms with Gasteiger partial charge in [-0.3, -0.25) is 4.99 Å². The predicted octanol–water partition coefficient (Wildman–Crippen LogP) is 4.14. The van der Waals surface area contributed by atoms with Crippen LogP contribution in [0.5, 0.6) is 0 Å². The highest BCUT2D eigenvalue weighted by atomic mass is 15.4. The van der Waals surface area contributed by atoms with Gasteiger partial charge < -0.3 is 9.80 Å². The number of rotatable bonds is 11. The summed E-state index contributed by atoms with van der Waals surface area (Å²) >= 11 is 0. The van der Waals surface area contributed by atoms with Crippen molar-refractivity contribution in [3.63, 3.8) is 0 Å². The van der Waals surface area contributed by atoms with E-state index < -0.39 is 0 Å². The third kappa shape index (κ3) is 6.62. The van der Waals surface area contributed by atoms with Crippen molar-refractivity contribution in [1.82, 2.24) is 9.80 Å². The van der Waals surface area contributed by atoms with E-state index in [1.165, 1.54) is 76.7 Å². The lowest BCUT2D eigenvalue weighted by Gasteiger charge is -2.19. The summed E-state index contributed by atoms with van der Waals surface area (Å²) in [6.45, 7) is 5.76. The van der Waals surface area contributed by atoms with E-state index in [4.69, 9.17) is 0 Å². The molecule has 0 aromatic rings. The Hall–Kier alpha value is -0.730. The summed E-state index contributed by atoms with van der Waals surface area (Å²) < 4.78 is 0. The van der Waals surface area contributed by atoms with Gasteiger partial charge in [0, 0.05) is 33.7 Å². The van der Waals surface area contributed by atoms with E-state index in [0.717, 1.165) is 13.1 Å². The molecule has 0 saturated carbocycles. The minimum Gasteiger partial charge on any atom is -0.344 e. The van der Waals surface area contributed by atoms with E-state index >= 15 is 0 Å². The van der Waals surface area contributed by atoms with Gasteiger partial charge in [-0.05, 0) is 6.42 Å². The Morgan fingerprint density at radius 3 is 1.95 bits per heavy atom. The molecule has 20 heavy (non-hydrogen) atoms. The van der Waals surface area contributed by atoms with Gasteiger partial charge in [-0.1, -0.05) is 64.7 Å². The van der Waals surface area contributed by atoms with Crippen LogP contribution in [0.3, 0.4) is 0 Å². The third-order valence-electron chi connectivity index (χ3n) is 4.31. The van der Waals surface area contributed by atoms with E-state index in [9.17, 15) is 0 Å². The molecule has 0 spiro atoms. The van der Waals surface area contributed by atoms with Gasteiger partial charge in [0.15, 0.2) is 5.96 Å². The first-order chi connectivity index (χ1) is 9.79. The topological polar surface area (TPSA) is 18.8 Å². The number of guanidine groups is 1. The van der Waals surface area contributed by atoms with E-state index in [1.54, 1.807) is 0 Å². The summed E-state index contributed by atoms with van der Waals surface area (Å²) in [5, 5.41) is 0. The second-order valence-corrected chi connectivity index (χ2v) is 6.11.